The quantitative estimate of drug-likeness (QED) is 0.842. The van der Waals surface area contributed by atoms with Crippen LogP contribution >= 0.6 is 23.5 Å². The molecule has 1 aromatic carbocycles. The Labute approximate surface area is 111 Å². The van der Waals surface area contributed by atoms with Crippen molar-refractivity contribution in [1.82, 2.24) is 5.32 Å². The molecule has 0 bridgehead atoms. The molecule has 2 heterocycles. The number of piperidine rings is 1. The van der Waals surface area contributed by atoms with Gasteiger partial charge in [-0.05, 0) is 38.1 Å². The standard InChI is InChI=1S/C13H16N2S2/c1-2-4-12-11(3-1)15-13(9-16-12)17-10-5-7-14-8-6-10/h1-4,10,14H,5-9H2. The lowest BCUT2D eigenvalue weighted by Crippen LogP contribution is -2.30. The average Bonchev–Trinajstić information content (AvgIpc) is 2.40. The number of nitrogens with zero attached hydrogens (tertiary/aromatic N) is 1. The number of hydrogen-bond donors (Lipinski definition) is 1. The van der Waals surface area contributed by atoms with Gasteiger partial charge in [-0.1, -0.05) is 12.1 Å². The van der Waals surface area contributed by atoms with Crippen LogP contribution in [0, 0.1) is 0 Å². The van der Waals surface area contributed by atoms with Gasteiger partial charge in [0.2, 0.25) is 0 Å². The van der Waals surface area contributed by atoms with Crippen molar-refractivity contribution >= 4 is 34.3 Å². The third-order valence-corrected chi connectivity index (χ3v) is 5.62. The maximum atomic E-state index is 4.78. The van der Waals surface area contributed by atoms with E-state index in [1.165, 1.54) is 22.8 Å². The molecule has 1 aromatic rings. The lowest BCUT2D eigenvalue weighted by molar-refractivity contribution is 0.533. The van der Waals surface area contributed by atoms with Crippen LogP contribution in [0.2, 0.25) is 0 Å². The molecule has 2 aliphatic heterocycles. The van der Waals surface area contributed by atoms with E-state index in [0.29, 0.717) is 0 Å². The summed E-state index contributed by atoms with van der Waals surface area (Å²) >= 11 is 3.91. The monoisotopic (exact) mass is 264 g/mol. The predicted octanol–water partition coefficient (Wildman–Crippen LogP) is 3.31. The molecule has 0 unspecified atom stereocenters. The Balaban J connectivity index is 1.70. The summed E-state index contributed by atoms with van der Waals surface area (Å²) in [4.78, 5) is 6.10. The Morgan fingerprint density at radius 2 is 2.06 bits per heavy atom. The van der Waals surface area contributed by atoms with E-state index in [1.54, 1.807) is 0 Å². The third kappa shape index (κ3) is 2.87. The molecule has 0 radical (unpaired) electrons. The van der Waals surface area contributed by atoms with Gasteiger partial charge in [0.25, 0.3) is 0 Å². The highest BCUT2D eigenvalue weighted by Gasteiger charge is 2.19. The van der Waals surface area contributed by atoms with Gasteiger partial charge >= 0.3 is 0 Å². The van der Waals surface area contributed by atoms with E-state index >= 15 is 0 Å². The van der Waals surface area contributed by atoms with E-state index in [1.807, 2.05) is 23.5 Å². The third-order valence-electron chi connectivity index (χ3n) is 3.05. The summed E-state index contributed by atoms with van der Waals surface area (Å²) in [7, 11) is 0. The van der Waals surface area contributed by atoms with Gasteiger partial charge in [0.15, 0.2) is 0 Å². The summed E-state index contributed by atoms with van der Waals surface area (Å²) in [6, 6.07) is 8.44. The largest absolute Gasteiger partial charge is 0.317 e. The second-order valence-electron chi connectivity index (χ2n) is 4.33. The fourth-order valence-corrected chi connectivity index (χ4v) is 4.38. The minimum atomic E-state index is 0.765. The molecule has 3 rings (SSSR count). The van der Waals surface area contributed by atoms with Crippen LogP contribution < -0.4 is 5.32 Å². The molecule has 1 saturated heterocycles. The zero-order chi connectivity index (χ0) is 11.5. The summed E-state index contributed by atoms with van der Waals surface area (Å²) in [6.45, 7) is 2.32. The van der Waals surface area contributed by atoms with E-state index < -0.39 is 0 Å². The number of nitrogens with one attached hydrogen (secondary N) is 1. The molecule has 2 aliphatic rings. The Kier molecular flexibility index (Phi) is 3.74. The Hall–Kier alpha value is -0.450. The average molecular weight is 264 g/mol. The second-order valence-corrected chi connectivity index (χ2v) is 6.72. The Morgan fingerprint density at radius 1 is 1.24 bits per heavy atom. The van der Waals surface area contributed by atoms with Crippen molar-refractivity contribution < 1.29 is 0 Å². The summed E-state index contributed by atoms with van der Waals surface area (Å²) in [5.74, 6) is 1.05. The second kappa shape index (κ2) is 5.46. The van der Waals surface area contributed by atoms with Crippen LogP contribution in [0.1, 0.15) is 12.8 Å². The minimum Gasteiger partial charge on any atom is -0.317 e. The van der Waals surface area contributed by atoms with Crippen molar-refractivity contribution in [2.75, 3.05) is 18.8 Å². The number of para-hydroxylation sites is 1. The number of rotatable bonds is 1. The molecule has 0 saturated carbocycles. The number of benzene rings is 1. The van der Waals surface area contributed by atoms with Crippen molar-refractivity contribution in [3.63, 3.8) is 0 Å². The van der Waals surface area contributed by atoms with E-state index in [-0.39, 0.29) is 0 Å². The summed E-state index contributed by atoms with van der Waals surface area (Å²) in [5, 5.41) is 5.48. The van der Waals surface area contributed by atoms with Crippen molar-refractivity contribution in [2.45, 2.75) is 23.0 Å². The van der Waals surface area contributed by atoms with Crippen LogP contribution in [-0.2, 0) is 0 Å². The lowest BCUT2D eigenvalue weighted by Gasteiger charge is -2.23. The molecule has 0 amide bonds. The lowest BCUT2D eigenvalue weighted by atomic mass is 10.2. The van der Waals surface area contributed by atoms with E-state index in [9.17, 15) is 0 Å². The number of fused-ring (bicyclic) bond motifs is 1. The Morgan fingerprint density at radius 3 is 2.94 bits per heavy atom. The molecule has 0 aliphatic carbocycles. The topological polar surface area (TPSA) is 24.4 Å². The van der Waals surface area contributed by atoms with Gasteiger partial charge < -0.3 is 5.32 Å². The molecule has 2 nitrogen and oxygen atoms in total. The summed E-state index contributed by atoms with van der Waals surface area (Å²) < 4.78 is 0. The minimum absolute atomic E-state index is 0.765. The number of aliphatic imine (C=N–C) groups is 1. The van der Waals surface area contributed by atoms with Gasteiger partial charge in [-0.25, -0.2) is 4.99 Å². The molecule has 17 heavy (non-hydrogen) atoms. The highest BCUT2D eigenvalue weighted by Crippen LogP contribution is 2.37. The maximum Gasteiger partial charge on any atom is 0.0844 e. The first-order valence-corrected chi connectivity index (χ1v) is 7.95. The molecule has 4 heteroatoms. The molecule has 0 aromatic heterocycles. The highest BCUT2D eigenvalue weighted by atomic mass is 32.2. The van der Waals surface area contributed by atoms with Gasteiger partial charge in [0.05, 0.1) is 10.7 Å². The van der Waals surface area contributed by atoms with Crippen LogP contribution in [0.15, 0.2) is 34.2 Å². The van der Waals surface area contributed by atoms with Crippen molar-refractivity contribution in [3.8, 4) is 0 Å². The number of hydrogen-bond acceptors (Lipinski definition) is 4. The first-order valence-electron chi connectivity index (χ1n) is 6.08. The molecule has 0 spiro atoms. The molecule has 0 atom stereocenters. The SMILES string of the molecule is c1ccc2c(c1)N=C(SC1CCNCC1)CS2. The highest BCUT2D eigenvalue weighted by molar-refractivity contribution is 8.16. The van der Waals surface area contributed by atoms with Gasteiger partial charge in [0, 0.05) is 15.9 Å². The molecule has 1 fully saturated rings. The zero-order valence-corrected chi connectivity index (χ0v) is 11.3. The molecule has 1 N–H and O–H groups in total. The van der Waals surface area contributed by atoms with Crippen molar-refractivity contribution in [2.24, 2.45) is 4.99 Å². The van der Waals surface area contributed by atoms with Crippen LogP contribution in [0.4, 0.5) is 5.69 Å². The van der Waals surface area contributed by atoms with Crippen LogP contribution in [-0.4, -0.2) is 29.1 Å². The smallest absolute Gasteiger partial charge is 0.0844 e. The molecule has 90 valence electrons. The molecular weight excluding hydrogens is 248 g/mol. The maximum absolute atomic E-state index is 4.78. The number of thioether (sulfide) groups is 2. The van der Waals surface area contributed by atoms with Gasteiger partial charge in [-0.2, -0.15) is 0 Å². The fourth-order valence-electron chi connectivity index (χ4n) is 2.14. The van der Waals surface area contributed by atoms with Gasteiger partial charge in [-0.3, -0.25) is 0 Å². The van der Waals surface area contributed by atoms with E-state index in [4.69, 9.17) is 4.99 Å². The van der Waals surface area contributed by atoms with Crippen LogP contribution in [0.5, 0.6) is 0 Å². The summed E-state index contributed by atoms with van der Waals surface area (Å²) in [5.41, 5.74) is 1.15. The van der Waals surface area contributed by atoms with Crippen molar-refractivity contribution in [3.05, 3.63) is 24.3 Å². The fraction of sp³-hybridized carbons (Fsp3) is 0.462. The van der Waals surface area contributed by atoms with E-state index in [0.717, 1.165) is 29.8 Å². The van der Waals surface area contributed by atoms with Crippen molar-refractivity contribution in [1.29, 1.82) is 0 Å². The summed E-state index contributed by atoms with van der Waals surface area (Å²) in [6.07, 6.45) is 2.55. The van der Waals surface area contributed by atoms with Gasteiger partial charge in [-0.15, -0.1) is 23.5 Å². The van der Waals surface area contributed by atoms with Crippen LogP contribution in [0.25, 0.3) is 0 Å². The van der Waals surface area contributed by atoms with Gasteiger partial charge in [0.1, 0.15) is 0 Å². The Bertz CT molecular complexity index is 425. The predicted molar refractivity (Wildman–Crippen MR) is 77.7 cm³/mol. The molecular formula is C13H16N2S2. The van der Waals surface area contributed by atoms with E-state index in [2.05, 4.69) is 29.6 Å². The zero-order valence-electron chi connectivity index (χ0n) is 9.69. The first kappa shape index (κ1) is 11.6. The normalized spacial score (nSPS) is 20.8. The first-order chi connectivity index (χ1) is 8.42. The van der Waals surface area contributed by atoms with Crippen LogP contribution in [0.3, 0.4) is 0 Å².